The Morgan fingerprint density at radius 1 is 0.700 bits per heavy atom. The van der Waals surface area contributed by atoms with Crippen LogP contribution in [0.3, 0.4) is 0 Å². The molecule has 5 aromatic rings. The molecule has 0 spiro atoms. The van der Waals surface area contributed by atoms with Crippen molar-refractivity contribution in [2.24, 2.45) is 0 Å². The number of hydrogen-bond acceptors (Lipinski definition) is 6. The summed E-state index contributed by atoms with van der Waals surface area (Å²) < 4.78 is 65.6. The highest BCUT2D eigenvalue weighted by molar-refractivity contribution is 7.48. The van der Waals surface area contributed by atoms with Crippen LogP contribution >= 0.6 is 7.82 Å². The molecule has 204 valence electrons. The number of phosphoric ester groups is 1. The molecule has 10 heteroatoms. The fourth-order valence-corrected chi connectivity index (χ4v) is 5.07. The molecule has 0 saturated carbocycles. The maximum absolute atomic E-state index is 15.0. The Kier molecular flexibility index (Phi) is 8.36. The molecule has 0 fully saturated rings. The Labute approximate surface area is 229 Å². The van der Waals surface area contributed by atoms with Gasteiger partial charge in [0.1, 0.15) is 12.4 Å². The first-order valence-electron chi connectivity index (χ1n) is 12.3. The van der Waals surface area contributed by atoms with Crippen molar-refractivity contribution in [2.75, 3.05) is 0 Å². The fraction of sp³-hybridized carbons (Fsp3) is 0.100. The Hall–Kier alpha value is -4.30. The van der Waals surface area contributed by atoms with E-state index in [0.717, 1.165) is 21.8 Å². The summed E-state index contributed by atoms with van der Waals surface area (Å²) in [5.41, 5.74) is 1.83. The van der Waals surface area contributed by atoms with Gasteiger partial charge in [-0.1, -0.05) is 78.9 Å². The monoisotopic (exact) mass is 563 g/mol. The average Bonchev–Trinajstić information content (AvgIpc) is 3.42. The standard InChI is InChI=1S/C30H24F2NO6P/c31-26-13-7-12-25-16-17-33(29(25)26)30(34)36-19-24-14-15-28(27(32)18-24)39-40(35,37-20-22-8-3-1-4-9-22)38-21-23-10-5-2-6-11-23/h1-18H,19-21H2. The van der Waals surface area contributed by atoms with Gasteiger partial charge in [-0.25, -0.2) is 22.7 Å². The van der Waals surface area contributed by atoms with Gasteiger partial charge in [-0.15, -0.1) is 0 Å². The number of nitrogens with zero attached hydrogens (tertiary/aromatic N) is 1. The van der Waals surface area contributed by atoms with Crippen molar-refractivity contribution in [2.45, 2.75) is 19.8 Å². The van der Waals surface area contributed by atoms with Gasteiger partial charge in [-0.3, -0.25) is 9.05 Å². The molecule has 0 unspecified atom stereocenters. The van der Waals surface area contributed by atoms with Gasteiger partial charge < -0.3 is 9.26 Å². The average molecular weight is 563 g/mol. The Morgan fingerprint density at radius 3 is 1.98 bits per heavy atom. The molecule has 7 nitrogen and oxygen atoms in total. The smallest absolute Gasteiger partial charge is 0.444 e. The highest BCUT2D eigenvalue weighted by atomic mass is 31.2. The summed E-state index contributed by atoms with van der Waals surface area (Å²) in [6, 6.07) is 27.8. The molecule has 0 aliphatic carbocycles. The number of benzene rings is 4. The summed E-state index contributed by atoms with van der Waals surface area (Å²) >= 11 is 0. The van der Waals surface area contributed by atoms with E-state index in [2.05, 4.69) is 0 Å². The van der Waals surface area contributed by atoms with Crippen molar-refractivity contribution < 1.29 is 36.4 Å². The molecule has 1 heterocycles. The van der Waals surface area contributed by atoms with Crippen molar-refractivity contribution in [3.63, 3.8) is 0 Å². The Morgan fingerprint density at radius 2 is 1.35 bits per heavy atom. The van der Waals surface area contributed by atoms with Crippen molar-refractivity contribution in [1.82, 2.24) is 4.57 Å². The summed E-state index contributed by atoms with van der Waals surface area (Å²) in [7, 11) is -4.27. The molecule has 0 N–H and O–H groups in total. The third kappa shape index (κ3) is 6.63. The molecule has 0 saturated heterocycles. The lowest BCUT2D eigenvalue weighted by atomic mass is 10.2. The predicted molar refractivity (Wildman–Crippen MR) is 145 cm³/mol. The lowest BCUT2D eigenvalue weighted by Gasteiger charge is -2.19. The topological polar surface area (TPSA) is 76.0 Å². The second kappa shape index (κ2) is 12.3. The quantitative estimate of drug-likeness (QED) is 0.160. The number of carbonyl (C=O) groups is 1. The third-order valence-electron chi connectivity index (χ3n) is 5.89. The van der Waals surface area contributed by atoms with Gasteiger partial charge in [-0.05, 0) is 41.0 Å². The lowest BCUT2D eigenvalue weighted by Crippen LogP contribution is -2.13. The van der Waals surface area contributed by atoms with Crippen molar-refractivity contribution in [3.8, 4) is 5.75 Å². The van der Waals surface area contributed by atoms with Gasteiger partial charge >= 0.3 is 13.9 Å². The largest absolute Gasteiger partial charge is 0.530 e. The molecule has 0 amide bonds. The zero-order chi connectivity index (χ0) is 28.0. The summed E-state index contributed by atoms with van der Waals surface area (Å²) in [5.74, 6) is -1.80. The number of halogens is 2. The van der Waals surface area contributed by atoms with E-state index < -0.39 is 25.6 Å². The summed E-state index contributed by atoms with van der Waals surface area (Å²) in [6.07, 6.45) is 0.574. The first kappa shape index (κ1) is 27.3. The second-order valence-electron chi connectivity index (χ2n) is 8.74. The second-order valence-corrected chi connectivity index (χ2v) is 10.3. The van der Waals surface area contributed by atoms with Crippen LogP contribution in [0.2, 0.25) is 0 Å². The van der Waals surface area contributed by atoms with Crippen LogP contribution in [0, 0.1) is 11.6 Å². The Balaban J connectivity index is 1.27. The molecule has 40 heavy (non-hydrogen) atoms. The highest BCUT2D eigenvalue weighted by Gasteiger charge is 2.30. The number of aromatic nitrogens is 1. The number of phosphoric acid groups is 1. The number of rotatable bonds is 10. The highest BCUT2D eigenvalue weighted by Crippen LogP contribution is 2.51. The number of hydrogen-bond donors (Lipinski definition) is 0. The number of fused-ring (bicyclic) bond motifs is 1. The number of carbonyl (C=O) groups excluding carboxylic acids is 1. The third-order valence-corrected chi connectivity index (χ3v) is 7.20. The maximum atomic E-state index is 15.0. The first-order valence-corrected chi connectivity index (χ1v) is 13.7. The van der Waals surface area contributed by atoms with Crippen LogP contribution in [0.15, 0.2) is 109 Å². The van der Waals surface area contributed by atoms with E-state index in [4.69, 9.17) is 18.3 Å². The molecular weight excluding hydrogens is 539 g/mol. The van der Waals surface area contributed by atoms with Gasteiger partial charge in [0.05, 0.1) is 18.7 Å². The first-order chi connectivity index (χ1) is 19.4. The van der Waals surface area contributed by atoms with Crippen molar-refractivity contribution in [1.29, 1.82) is 0 Å². The minimum absolute atomic E-state index is 0.0861. The molecule has 0 aliphatic heterocycles. The minimum atomic E-state index is -4.27. The molecule has 0 radical (unpaired) electrons. The van der Waals surface area contributed by atoms with Crippen LogP contribution in [0.25, 0.3) is 10.9 Å². The zero-order valence-electron chi connectivity index (χ0n) is 21.1. The van der Waals surface area contributed by atoms with Crippen molar-refractivity contribution in [3.05, 3.63) is 138 Å². The van der Waals surface area contributed by atoms with Crippen LogP contribution < -0.4 is 4.52 Å². The molecule has 0 atom stereocenters. The summed E-state index contributed by atoms with van der Waals surface area (Å²) in [4.78, 5) is 12.5. The Bertz CT molecular complexity index is 1610. The predicted octanol–water partition coefficient (Wildman–Crippen LogP) is 8.02. The summed E-state index contributed by atoms with van der Waals surface area (Å²) in [6.45, 7) is -0.467. The SMILES string of the molecule is O=C(OCc1ccc(OP(=O)(OCc2ccccc2)OCc2ccccc2)c(F)c1)n1ccc2cccc(F)c21. The van der Waals surface area contributed by atoms with Crippen LogP contribution in [-0.2, 0) is 38.2 Å². The van der Waals surface area contributed by atoms with E-state index in [1.165, 1.54) is 30.5 Å². The van der Waals surface area contributed by atoms with E-state index in [1.807, 2.05) is 12.1 Å². The van der Waals surface area contributed by atoms with E-state index in [0.29, 0.717) is 10.9 Å². The number of para-hydroxylation sites is 1. The van der Waals surface area contributed by atoms with Gasteiger partial charge in [0, 0.05) is 11.6 Å². The van der Waals surface area contributed by atoms with E-state index >= 15 is 4.39 Å². The molecule has 4 aromatic carbocycles. The van der Waals surface area contributed by atoms with Crippen molar-refractivity contribution >= 4 is 24.8 Å². The number of ether oxygens (including phenoxy) is 1. The van der Waals surface area contributed by atoms with E-state index in [1.54, 1.807) is 60.7 Å². The van der Waals surface area contributed by atoms with E-state index in [-0.39, 0.29) is 31.1 Å². The lowest BCUT2D eigenvalue weighted by molar-refractivity contribution is 0.141. The summed E-state index contributed by atoms with van der Waals surface area (Å²) in [5, 5.41) is 0.540. The molecular formula is C30H24F2NO6P. The van der Waals surface area contributed by atoms with Crippen LogP contribution in [0.1, 0.15) is 16.7 Å². The molecule has 5 rings (SSSR count). The van der Waals surface area contributed by atoms with Gasteiger partial charge in [0.15, 0.2) is 11.6 Å². The molecule has 0 bridgehead atoms. The van der Waals surface area contributed by atoms with Crippen LogP contribution in [0.4, 0.5) is 13.6 Å². The van der Waals surface area contributed by atoms with E-state index in [9.17, 15) is 13.8 Å². The minimum Gasteiger partial charge on any atom is -0.444 e. The van der Waals surface area contributed by atoms with Gasteiger partial charge in [0.25, 0.3) is 0 Å². The molecule has 1 aromatic heterocycles. The van der Waals surface area contributed by atoms with Crippen LogP contribution in [0.5, 0.6) is 5.75 Å². The fourth-order valence-electron chi connectivity index (χ4n) is 3.89. The maximum Gasteiger partial charge on any atom is 0.530 e. The molecule has 0 aliphatic rings. The normalized spacial score (nSPS) is 11.4. The zero-order valence-corrected chi connectivity index (χ0v) is 22.0. The van der Waals surface area contributed by atoms with Crippen LogP contribution in [-0.4, -0.2) is 10.7 Å². The van der Waals surface area contributed by atoms with Gasteiger partial charge in [-0.2, -0.15) is 0 Å². The van der Waals surface area contributed by atoms with Gasteiger partial charge in [0.2, 0.25) is 0 Å².